The minimum Gasteiger partial charge on any atom is -0.383 e. The van der Waals surface area contributed by atoms with Gasteiger partial charge in [-0.15, -0.1) is 0 Å². The van der Waals surface area contributed by atoms with Crippen LogP contribution in [-0.4, -0.2) is 37.3 Å². The van der Waals surface area contributed by atoms with Gasteiger partial charge in [-0.25, -0.2) is 10.1 Å². The second kappa shape index (κ2) is 7.63. The maximum absolute atomic E-state index is 13.4. The first-order chi connectivity index (χ1) is 14.5. The number of nitrogens with two attached hydrogens (primary N) is 1. The summed E-state index contributed by atoms with van der Waals surface area (Å²) in [5.74, 6) is 0. The molecule has 3 N–H and O–H groups in total. The normalized spacial score (nSPS) is 16.8. The second-order valence-corrected chi connectivity index (χ2v) is 9.51. The molecule has 0 bridgehead atoms. The van der Waals surface area contributed by atoms with Crippen LogP contribution in [0.15, 0.2) is 54.6 Å². The summed E-state index contributed by atoms with van der Waals surface area (Å²) in [6.45, 7) is 0.406. The molecular weight excluding hydrogens is 453 g/mol. The molecule has 1 aromatic heterocycles. The number of anilines is 1. The summed E-state index contributed by atoms with van der Waals surface area (Å²) in [4.78, 5) is 3.70. The van der Waals surface area contributed by atoms with E-state index in [0.717, 1.165) is 15.9 Å². The molecule has 2 heterocycles. The standard InChI is InChI=1S/C20H18ClF3N4O2S/c21-14-6-7-16-15(8-14)17(9-18(27-16)20(22,23)24)26-10-19(13-4-2-1-3-5-13)11-28(12-19)31(25,29)30/h1-9H,10-12H2,(H,26,27)(H2,25,29,30). The van der Waals surface area contributed by atoms with E-state index in [0.29, 0.717) is 10.4 Å². The number of nitrogens with one attached hydrogen (secondary N) is 1. The van der Waals surface area contributed by atoms with Crippen molar-refractivity contribution >= 4 is 38.4 Å². The van der Waals surface area contributed by atoms with E-state index >= 15 is 0 Å². The van der Waals surface area contributed by atoms with Crippen LogP contribution in [0.4, 0.5) is 18.9 Å². The number of pyridine rings is 1. The Hall–Kier alpha value is -2.40. The maximum Gasteiger partial charge on any atom is 0.433 e. The van der Waals surface area contributed by atoms with Gasteiger partial charge in [-0.3, -0.25) is 0 Å². The molecule has 1 fully saturated rings. The summed E-state index contributed by atoms with van der Waals surface area (Å²) in [6, 6.07) is 14.6. The van der Waals surface area contributed by atoms with Crippen molar-refractivity contribution in [2.24, 2.45) is 5.14 Å². The van der Waals surface area contributed by atoms with Crippen molar-refractivity contribution in [3.8, 4) is 0 Å². The van der Waals surface area contributed by atoms with Crippen molar-refractivity contribution in [1.82, 2.24) is 9.29 Å². The van der Waals surface area contributed by atoms with Gasteiger partial charge in [0.25, 0.3) is 10.2 Å². The van der Waals surface area contributed by atoms with Gasteiger partial charge in [-0.05, 0) is 29.8 Å². The highest BCUT2D eigenvalue weighted by Gasteiger charge is 2.48. The average molecular weight is 471 g/mol. The first-order valence-corrected chi connectivity index (χ1v) is 11.1. The Balaban J connectivity index is 1.71. The van der Waals surface area contributed by atoms with Crippen LogP contribution in [0.2, 0.25) is 5.02 Å². The number of nitrogens with zero attached hydrogens (tertiary/aromatic N) is 2. The molecule has 11 heteroatoms. The molecular formula is C20H18ClF3N4O2S. The molecule has 0 amide bonds. The molecule has 1 aliphatic heterocycles. The van der Waals surface area contributed by atoms with Crippen LogP contribution in [0.3, 0.4) is 0 Å². The number of fused-ring (bicyclic) bond motifs is 1. The molecule has 1 aliphatic rings. The van der Waals surface area contributed by atoms with Crippen molar-refractivity contribution in [1.29, 1.82) is 0 Å². The van der Waals surface area contributed by atoms with E-state index in [1.807, 2.05) is 30.3 Å². The van der Waals surface area contributed by atoms with Crippen LogP contribution >= 0.6 is 11.6 Å². The van der Waals surface area contributed by atoms with Gasteiger partial charge >= 0.3 is 6.18 Å². The van der Waals surface area contributed by atoms with Gasteiger partial charge in [-0.2, -0.15) is 25.9 Å². The molecule has 0 radical (unpaired) electrons. The zero-order chi connectivity index (χ0) is 22.4. The third-order valence-corrected chi connectivity index (χ3v) is 6.60. The Bertz CT molecular complexity index is 1230. The van der Waals surface area contributed by atoms with Gasteiger partial charge in [0.05, 0.1) is 5.52 Å². The van der Waals surface area contributed by atoms with Gasteiger partial charge in [-0.1, -0.05) is 41.9 Å². The number of halogens is 4. The SMILES string of the molecule is NS(=O)(=O)N1CC(CNc2cc(C(F)(F)F)nc3ccc(Cl)cc23)(c2ccccc2)C1. The average Bonchev–Trinajstić information content (AvgIpc) is 2.66. The fourth-order valence-corrected chi connectivity index (χ4v) is 4.78. The molecule has 0 unspecified atom stereocenters. The highest BCUT2D eigenvalue weighted by atomic mass is 35.5. The number of hydrogen-bond acceptors (Lipinski definition) is 4. The molecule has 0 atom stereocenters. The fourth-order valence-electron chi connectivity index (χ4n) is 3.75. The lowest BCUT2D eigenvalue weighted by molar-refractivity contribution is -0.140. The minimum absolute atomic E-state index is 0.110. The van der Waals surface area contributed by atoms with Crippen molar-refractivity contribution in [2.75, 3.05) is 25.0 Å². The van der Waals surface area contributed by atoms with Crippen molar-refractivity contribution in [3.63, 3.8) is 0 Å². The van der Waals surface area contributed by atoms with E-state index in [9.17, 15) is 21.6 Å². The zero-order valence-electron chi connectivity index (χ0n) is 16.0. The Morgan fingerprint density at radius 2 is 1.81 bits per heavy atom. The summed E-state index contributed by atoms with van der Waals surface area (Å²) in [6.07, 6.45) is -4.62. The van der Waals surface area contributed by atoms with Crippen LogP contribution in [0.1, 0.15) is 11.3 Å². The highest BCUT2D eigenvalue weighted by Crippen LogP contribution is 2.38. The maximum atomic E-state index is 13.4. The van der Waals surface area contributed by atoms with Gasteiger partial charge in [0, 0.05) is 41.1 Å². The predicted molar refractivity (Wildman–Crippen MR) is 113 cm³/mol. The van der Waals surface area contributed by atoms with Crippen LogP contribution in [-0.2, 0) is 21.8 Å². The number of alkyl halides is 3. The molecule has 0 spiro atoms. The van der Waals surface area contributed by atoms with E-state index in [-0.39, 0.29) is 30.8 Å². The summed E-state index contributed by atoms with van der Waals surface area (Å²) in [5, 5.41) is 9.11. The number of rotatable bonds is 5. The fraction of sp³-hybridized carbons (Fsp3) is 0.250. The van der Waals surface area contributed by atoms with E-state index < -0.39 is 27.5 Å². The number of benzene rings is 2. The first-order valence-electron chi connectivity index (χ1n) is 9.23. The summed E-state index contributed by atoms with van der Waals surface area (Å²) >= 11 is 6.05. The molecule has 31 heavy (non-hydrogen) atoms. The molecule has 0 aliphatic carbocycles. The number of aromatic nitrogens is 1. The van der Waals surface area contributed by atoms with Gasteiger partial charge in [0.15, 0.2) is 0 Å². The Kier molecular flexibility index (Phi) is 5.37. The Labute approximate surface area is 182 Å². The van der Waals surface area contributed by atoms with Crippen molar-refractivity contribution in [2.45, 2.75) is 11.6 Å². The van der Waals surface area contributed by atoms with Crippen molar-refractivity contribution < 1.29 is 21.6 Å². The lowest BCUT2D eigenvalue weighted by Gasteiger charge is -2.49. The largest absolute Gasteiger partial charge is 0.433 e. The predicted octanol–water partition coefficient (Wildman–Crippen LogP) is 3.78. The minimum atomic E-state index is -4.62. The smallest absolute Gasteiger partial charge is 0.383 e. The van der Waals surface area contributed by atoms with Crippen LogP contribution < -0.4 is 10.5 Å². The van der Waals surface area contributed by atoms with Crippen molar-refractivity contribution in [3.05, 3.63) is 70.9 Å². The monoisotopic (exact) mass is 470 g/mol. The van der Waals surface area contributed by atoms with Crippen LogP contribution in [0.25, 0.3) is 10.9 Å². The molecule has 164 valence electrons. The molecule has 0 saturated carbocycles. The summed E-state index contributed by atoms with van der Waals surface area (Å²) < 4.78 is 64.7. The lowest BCUT2D eigenvalue weighted by Crippen LogP contribution is -2.65. The van der Waals surface area contributed by atoms with Gasteiger partial charge < -0.3 is 5.32 Å². The first kappa shape index (κ1) is 21.8. The molecule has 3 aromatic rings. The zero-order valence-corrected chi connectivity index (χ0v) is 17.6. The third kappa shape index (κ3) is 4.33. The Morgan fingerprint density at radius 3 is 2.42 bits per heavy atom. The van der Waals surface area contributed by atoms with E-state index in [1.54, 1.807) is 6.07 Å². The summed E-state index contributed by atoms with van der Waals surface area (Å²) in [5.41, 5.74) is -0.465. The van der Waals surface area contributed by atoms with E-state index in [4.69, 9.17) is 16.7 Å². The van der Waals surface area contributed by atoms with Gasteiger partial charge in [0.2, 0.25) is 0 Å². The molecule has 1 saturated heterocycles. The second-order valence-electron chi connectivity index (χ2n) is 7.53. The topological polar surface area (TPSA) is 88.3 Å². The molecule has 4 rings (SSSR count). The third-order valence-electron chi connectivity index (χ3n) is 5.38. The quantitative estimate of drug-likeness (QED) is 0.594. The number of hydrogen-bond donors (Lipinski definition) is 2. The summed E-state index contributed by atoms with van der Waals surface area (Å²) in [7, 11) is -3.87. The molecule has 2 aromatic carbocycles. The van der Waals surface area contributed by atoms with Gasteiger partial charge in [0.1, 0.15) is 5.69 Å². The van der Waals surface area contributed by atoms with E-state index in [1.165, 1.54) is 12.1 Å². The Morgan fingerprint density at radius 1 is 1.13 bits per heavy atom. The van der Waals surface area contributed by atoms with Crippen LogP contribution in [0, 0.1) is 0 Å². The molecule has 6 nitrogen and oxygen atoms in total. The lowest BCUT2D eigenvalue weighted by atomic mass is 9.75. The highest BCUT2D eigenvalue weighted by molar-refractivity contribution is 7.86. The van der Waals surface area contributed by atoms with Crippen LogP contribution in [0.5, 0.6) is 0 Å². The van der Waals surface area contributed by atoms with E-state index in [2.05, 4.69) is 10.3 Å².